The number of fused-ring (bicyclic) bond motifs is 1. The molecular weight excluding hydrogens is 268 g/mol. The second kappa shape index (κ2) is 5.50. The quantitative estimate of drug-likeness (QED) is 0.943. The number of hydrogen-bond acceptors (Lipinski definition) is 5. The van der Waals surface area contributed by atoms with Crippen LogP contribution in [0, 0.1) is 0 Å². The lowest BCUT2D eigenvalue weighted by molar-refractivity contribution is 0.587. The van der Waals surface area contributed by atoms with E-state index in [2.05, 4.69) is 52.4 Å². The molecule has 0 spiro atoms. The first-order valence-corrected chi connectivity index (χ1v) is 7.86. The van der Waals surface area contributed by atoms with Gasteiger partial charge in [-0.3, -0.25) is 0 Å². The fraction of sp³-hybridized carbons (Fsp3) is 0.467. The number of rotatable bonds is 3. The molecule has 1 unspecified atom stereocenters. The second-order valence-corrected chi connectivity index (χ2v) is 6.21. The van der Waals surface area contributed by atoms with Gasteiger partial charge in [-0.2, -0.15) is 4.37 Å². The number of nitrogens with zero attached hydrogens (tertiary/aromatic N) is 3. The van der Waals surface area contributed by atoms with E-state index in [9.17, 15) is 0 Å². The molecule has 106 valence electrons. The summed E-state index contributed by atoms with van der Waals surface area (Å²) < 4.78 is 4.46. The fourth-order valence-corrected chi connectivity index (χ4v) is 3.60. The Kier molecular flexibility index (Phi) is 3.72. The summed E-state index contributed by atoms with van der Waals surface area (Å²) in [5, 5.41) is 0.999. The Bertz CT molecular complexity index is 593. The summed E-state index contributed by atoms with van der Waals surface area (Å²) >= 11 is 1.49. The molecule has 2 N–H and O–H groups in total. The van der Waals surface area contributed by atoms with Crippen molar-refractivity contribution in [3.05, 3.63) is 41.2 Å². The summed E-state index contributed by atoms with van der Waals surface area (Å²) in [6.45, 7) is 5.81. The molecule has 20 heavy (non-hydrogen) atoms. The van der Waals surface area contributed by atoms with Gasteiger partial charge < -0.3 is 10.6 Å². The maximum absolute atomic E-state index is 6.03. The van der Waals surface area contributed by atoms with Crippen LogP contribution in [0.3, 0.4) is 0 Å². The van der Waals surface area contributed by atoms with Crippen LogP contribution in [-0.2, 0) is 6.42 Å². The second-order valence-electron chi connectivity index (χ2n) is 5.48. The molecular formula is C15H20N4S. The van der Waals surface area contributed by atoms with Crippen molar-refractivity contribution in [3.63, 3.8) is 0 Å². The first-order chi connectivity index (χ1) is 9.70. The molecule has 0 saturated carbocycles. The van der Waals surface area contributed by atoms with Gasteiger partial charge in [0, 0.05) is 30.5 Å². The molecule has 2 heterocycles. The summed E-state index contributed by atoms with van der Waals surface area (Å²) in [5.74, 6) is 1.30. The number of aromatic nitrogens is 2. The van der Waals surface area contributed by atoms with E-state index in [0.29, 0.717) is 12.5 Å². The van der Waals surface area contributed by atoms with Crippen LogP contribution in [0.2, 0.25) is 0 Å². The molecule has 1 aromatic heterocycles. The molecule has 0 fully saturated rings. The number of benzene rings is 1. The van der Waals surface area contributed by atoms with E-state index < -0.39 is 0 Å². The monoisotopic (exact) mass is 288 g/mol. The van der Waals surface area contributed by atoms with Gasteiger partial charge in [0.1, 0.15) is 5.82 Å². The van der Waals surface area contributed by atoms with Crippen molar-refractivity contribution in [3.8, 4) is 0 Å². The van der Waals surface area contributed by atoms with E-state index in [1.807, 2.05) is 0 Å². The van der Waals surface area contributed by atoms with Crippen LogP contribution in [0.1, 0.15) is 42.8 Å². The molecule has 1 aliphatic rings. The third kappa shape index (κ3) is 2.31. The summed E-state index contributed by atoms with van der Waals surface area (Å²) in [4.78, 5) is 6.99. The first kappa shape index (κ1) is 13.5. The highest BCUT2D eigenvalue weighted by molar-refractivity contribution is 7.09. The molecule has 4 nitrogen and oxygen atoms in total. The molecule has 0 aliphatic carbocycles. The maximum Gasteiger partial charge on any atom is 0.205 e. The Balaban J connectivity index is 1.94. The molecule has 0 amide bonds. The molecule has 2 aromatic rings. The molecule has 0 radical (unpaired) electrons. The van der Waals surface area contributed by atoms with Crippen LogP contribution in [0.25, 0.3) is 0 Å². The normalized spacial score (nSPS) is 18.4. The third-order valence-electron chi connectivity index (χ3n) is 3.83. The summed E-state index contributed by atoms with van der Waals surface area (Å²) in [7, 11) is 0. The van der Waals surface area contributed by atoms with Crippen molar-refractivity contribution >= 4 is 16.7 Å². The summed E-state index contributed by atoms with van der Waals surface area (Å²) in [6.07, 6.45) is 1.04. The predicted octanol–water partition coefficient (Wildman–Crippen LogP) is 2.72. The van der Waals surface area contributed by atoms with Gasteiger partial charge in [0.05, 0.1) is 6.04 Å². The van der Waals surface area contributed by atoms with Gasteiger partial charge in [0.25, 0.3) is 0 Å². The Morgan fingerprint density at radius 1 is 1.40 bits per heavy atom. The van der Waals surface area contributed by atoms with E-state index in [4.69, 9.17) is 5.73 Å². The van der Waals surface area contributed by atoms with Gasteiger partial charge in [-0.05, 0) is 17.5 Å². The highest BCUT2D eigenvalue weighted by Crippen LogP contribution is 2.34. The van der Waals surface area contributed by atoms with E-state index >= 15 is 0 Å². The molecule has 0 saturated heterocycles. The van der Waals surface area contributed by atoms with Gasteiger partial charge in [-0.15, -0.1) is 0 Å². The maximum atomic E-state index is 6.03. The molecule has 3 rings (SSSR count). The average molecular weight is 288 g/mol. The number of nitrogens with two attached hydrogens (primary N) is 1. The van der Waals surface area contributed by atoms with Crippen LogP contribution in [0.15, 0.2) is 24.3 Å². The Morgan fingerprint density at radius 3 is 2.90 bits per heavy atom. The lowest BCUT2D eigenvalue weighted by Gasteiger charge is -2.36. The topological polar surface area (TPSA) is 55.0 Å². The SMILES string of the molecule is CC(C)c1nsc(N2CCc3ccccc3C2CN)n1. The molecule has 1 aliphatic heterocycles. The molecule has 1 aromatic carbocycles. The lowest BCUT2D eigenvalue weighted by Crippen LogP contribution is -2.39. The van der Waals surface area contributed by atoms with Crippen LogP contribution in [0.5, 0.6) is 0 Å². The zero-order valence-electron chi connectivity index (χ0n) is 11.9. The van der Waals surface area contributed by atoms with Crippen molar-refractivity contribution in [2.24, 2.45) is 5.73 Å². The van der Waals surface area contributed by atoms with Crippen molar-refractivity contribution < 1.29 is 0 Å². The fourth-order valence-electron chi connectivity index (χ4n) is 2.71. The molecule has 0 bridgehead atoms. The van der Waals surface area contributed by atoms with Gasteiger partial charge in [-0.1, -0.05) is 38.1 Å². The van der Waals surface area contributed by atoms with E-state index in [1.165, 1.54) is 22.7 Å². The highest BCUT2D eigenvalue weighted by atomic mass is 32.1. The predicted molar refractivity (Wildman–Crippen MR) is 83.3 cm³/mol. The van der Waals surface area contributed by atoms with Crippen LogP contribution in [-0.4, -0.2) is 22.4 Å². The Hall–Kier alpha value is -1.46. The Labute approximate surface area is 123 Å². The van der Waals surface area contributed by atoms with E-state index in [0.717, 1.165) is 23.9 Å². The standard InChI is InChI=1S/C15H20N4S/c1-10(2)14-17-15(20-18-14)19-8-7-11-5-3-4-6-12(11)13(19)9-16/h3-6,10,13H,7-9,16H2,1-2H3. The minimum atomic E-state index is 0.216. The van der Waals surface area contributed by atoms with E-state index in [1.54, 1.807) is 0 Å². The van der Waals surface area contributed by atoms with Gasteiger partial charge in [0.2, 0.25) is 5.13 Å². The number of hydrogen-bond donors (Lipinski definition) is 1. The van der Waals surface area contributed by atoms with Gasteiger partial charge in [0.15, 0.2) is 0 Å². The highest BCUT2D eigenvalue weighted by Gasteiger charge is 2.28. The van der Waals surface area contributed by atoms with Crippen molar-refractivity contribution in [2.45, 2.75) is 32.2 Å². The third-order valence-corrected chi connectivity index (χ3v) is 4.60. The minimum absolute atomic E-state index is 0.216. The Morgan fingerprint density at radius 2 is 2.20 bits per heavy atom. The zero-order chi connectivity index (χ0) is 14.1. The average Bonchev–Trinajstić information content (AvgIpc) is 2.95. The zero-order valence-corrected chi connectivity index (χ0v) is 12.7. The van der Waals surface area contributed by atoms with Gasteiger partial charge >= 0.3 is 0 Å². The number of anilines is 1. The summed E-state index contributed by atoms with van der Waals surface area (Å²) in [6, 6.07) is 8.79. The van der Waals surface area contributed by atoms with E-state index in [-0.39, 0.29) is 6.04 Å². The van der Waals surface area contributed by atoms with Crippen molar-refractivity contribution in [1.82, 2.24) is 9.36 Å². The summed E-state index contributed by atoms with van der Waals surface area (Å²) in [5.41, 5.74) is 8.77. The first-order valence-electron chi connectivity index (χ1n) is 7.09. The van der Waals surface area contributed by atoms with Crippen molar-refractivity contribution in [1.29, 1.82) is 0 Å². The van der Waals surface area contributed by atoms with Crippen LogP contribution in [0.4, 0.5) is 5.13 Å². The van der Waals surface area contributed by atoms with Crippen LogP contribution >= 0.6 is 11.5 Å². The molecule has 5 heteroatoms. The largest absolute Gasteiger partial charge is 0.338 e. The smallest absolute Gasteiger partial charge is 0.205 e. The molecule has 1 atom stereocenters. The van der Waals surface area contributed by atoms with Crippen LogP contribution < -0.4 is 10.6 Å². The minimum Gasteiger partial charge on any atom is -0.338 e. The lowest BCUT2D eigenvalue weighted by atomic mass is 9.93. The van der Waals surface area contributed by atoms with Gasteiger partial charge in [-0.25, -0.2) is 4.98 Å². The van der Waals surface area contributed by atoms with Crippen molar-refractivity contribution in [2.75, 3.05) is 18.0 Å².